The molecule has 0 atom stereocenters. The third-order valence-electron chi connectivity index (χ3n) is 3.00. The molecular formula is C12H27NO5Si. The summed E-state index contributed by atoms with van der Waals surface area (Å²) in [6, 6.07) is 0. The van der Waals surface area contributed by atoms with E-state index >= 15 is 0 Å². The Labute approximate surface area is 116 Å². The van der Waals surface area contributed by atoms with Crippen molar-refractivity contribution in [2.75, 3.05) is 19.8 Å². The van der Waals surface area contributed by atoms with Crippen molar-refractivity contribution in [3.05, 3.63) is 0 Å². The number of carbonyl (C=O) groups excluding carboxylic acids is 1. The Hall–Kier alpha value is -0.633. The largest absolute Gasteiger partial charge is 0.547 e. The normalized spacial score (nSPS) is 12.5. The summed E-state index contributed by atoms with van der Waals surface area (Å²) in [5.41, 5.74) is 5.21. The number of amides is 1. The minimum absolute atomic E-state index is 0.427. The highest BCUT2D eigenvalue weighted by atomic mass is 28.4. The summed E-state index contributed by atoms with van der Waals surface area (Å²) in [7, 11) is -3.16. The van der Waals surface area contributed by atoms with E-state index in [2.05, 4.69) is 0 Å². The van der Waals surface area contributed by atoms with Gasteiger partial charge in [-0.25, -0.2) is 4.79 Å². The molecule has 6 nitrogen and oxygen atoms in total. The second-order valence-electron chi connectivity index (χ2n) is 3.98. The van der Waals surface area contributed by atoms with Crippen molar-refractivity contribution < 1.29 is 22.8 Å². The smallest absolute Gasteiger partial charge is 0.438 e. The molecule has 0 bridgehead atoms. The molecule has 0 heterocycles. The Morgan fingerprint density at radius 2 is 1.32 bits per heavy atom. The zero-order valence-corrected chi connectivity index (χ0v) is 13.7. The maximum absolute atomic E-state index is 11.2. The molecule has 19 heavy (non-hydrogen) atoms. The van der Waals surface area contributed by atoms with Crippen molar-refractivity contribution in [2.24, 2.45) is 5.73 Å². The molecule has 0 aromatic heterocycles. The monoisotopic (exact) mass is 293 g/mol. The standard InChI is InChI=1S/C12H27NO5Si/c1-6-12(7-2,18-11(13)14)19(15-8-3,16-9-4)17-10-5/h6-10H2,1-5H3,(H2,13,14). The summed E-state index contributed by atoms with van der Waals surface area (Å²) < 4.78 is 22.8. The molecule has 0 spiro atoms. The van der Waals surface area contributed by atoms with Gasteiger partial charge in [0.2, 0.25) is 0 Å². The number of nitrogens with two attached hydrogens (primary N) is 1. The summed E-state index contributed by atoms with van der Waals surface area (Å²) in [6.07, 6.45) is 0.219. The van der Waals surface area contributed by atoms with E-state index in [0.717, 1.165) is 0 Å². The van der Waals surface area contributed by atoms with Crippen LogP contribution in [0.25, 0.3) is 0 Å². The summed E-state index contributed by atoms with van der Waals surface area (Å²) in [6.45, 7) is 10.7. The van der Waals surface area contributed by atoms with E-state index in [1.807, 2.05) is 34.6 Å². The van der Waals surface area contributed by atoms with Gasteiger partial charge < -0.3 is 23.7 Å². The van der Waals surface area contributed by atoms with Crippen LogP contribution >= 0.6 is 0 Å². The molecule has 0 rings (SSSR count). The Balaban J connectivity index is 5.59. The summed E-state index contributed by atoms with van der Waals surface area (Å²) >= 11 is 0. The molecule has 0 aliphatic rings. The maximum atomic E-state index is 11.2. The van der Waals surface area contributed by atoms with Gasteiger partial charge in [-0.2, -0.15) is 0 Å². The molecule has 114 valence electrons. The molecule has 0 aliphatic heterocycles. The number of ether oxygens (including phenoxy) is 1. The molecule has 0 unspecified atom stereocenters. The fraction of sp³-hybridized carbons (Fsp3) is 0.917. The fourth-order valence-electron chi connectivity index (χ4n) is 2.17. The molecule has 1 amide bonds. The summed E-state index contributed by atoms with van der Waals surface area (Å²) in [4.78, 5) is 11.2. The van der Waals surface area contributed by atoms with E-state index in [4.69, 9.17) is 23.7 Å². The first-order valence-electron chi connectivity index (χ1n) is 6.87. The third-order valence-corrected chi connectivity index (χ3v) is 6.93. The average Bonchev–Trinajstić information content (AvgIpc) is 2.36. The van der Waals surface area contributed by atoms with Crippen LogP contribution in [-0.2, 0) is 18.0 Å². The van der Waals surface area contributed by atoms with Gasteiger partial charge in [0.25, 0.3) is 0 Å². The highest BCUT2D eigenvalue weighted by molar-refractivity contribution is 6.64. The maximum Gasteiger partial charge on any atom is 0.547 e. The molecule has 0 aromatic carbocycles. The van der Waals surface area contributed by atoms with Crippen molar-refractivity contribution in [3.8, 4) is 0 Å². The Morgan fingerprint density at radius 1 is 0.947 bits per heavy atom. The lowest BCUT2D eigenvalue weighted by Gasteiger charge is -2.42. The van der Waals surface area contributed by atoms with Gasteiger partial charge in [0.15, 0.2) is 5.22 Å². The highest BCUT2D eigenvalue weighted by Crippen LogP contribution is 2.34. The van der Waals surface area contributed by atoms with Gasteiger partial charge in [0.05, 0.1) is 0 Å². The molecule has 0 fully saturated rings. The molecule has 7 heteroatoms. The minimum atomic E-state index is -3.16. The highest BCUT2D eigenvalue weighted by Gasteiger charge is 2.62. The SMILES string of the molecule is CCO[Si](OCC)(OCC)C(CC)(CC)OC(N)=O. The van der Waals surface area contributed by atoms with Crippen LogP contribution in [0.1, 0.15) is 47.5 Å². The zero-order chi connectivity index (χ0) is 14.9. The van der Waals surface area contributed by atoms with Crippen molar-refractivity contribution in [1.82, 2.24) is 0 Å². The Kier molecular flexibility index (Phi) is 8.24. The van der Waals surface area contributed by atoms with Gasteiger partial charge in [-0.15, -0.1) is 0 Å². The van der Waals surface area contributed by atoms with Crippen LogP contribution in [0.4, 0.5) is 4.79 Å². The van der Waals surface area contributed by atoms with Crippen LogP contribution in [0.3, 0.4) is 0 Å². The van der Waals surface area contributed by atoms with Gasteiger partial charge in [0, 0.05) is 19.8 Å². The average molecular weight is 293 g/mol. The van der Waals surface area contributed by atoms with Gasteiger partial charge in [0.1, 0.15) is 0 Å². The number of primary amides is 1. The number of carbonyl (C=O) groups is 1. The van der Waals surface area contributed by atoms with E-state index in [9.17, 15) is 4.79 Å². The molecule has 0 aromatic rings. The second-order valence-corrected chi connectivity index (χ2v) is 6.87. The van der Waals surface area contributed by atoms with E-state index in [0.29, 0.717) is 32.7 Å². The minimum Gasteiger partial charge on any atom is -0.438 e. The predicted molar refractivity (Wildman–Crippen MR) is 74.6 cm³/mol. The van der Waals surface area contributed by atoms with Crippen LogP contribution in [-0.4, -0.2) is 39.9 Å². The first-order chi connectivity index (χ1) is 8.97. The second kappa shape index (κ2) is 8.52. The van der Waals surface area contributed by atoms with Crippen LogP contribution in [0.5, 0.6) is 0 Å². The van der Waals surface area contributed by atoms with Crippen molar-refractivity contribution in [3.63, 3.8) is 0 Å². The van der Waals surface area contributed by atoms with Gasteiger partial charge in [-0.1, -0.05) is 13.8 Å². The summed E-state index contributed by atoms with van der Waals surface area (Å²) in [5.74, 6) is 0. The molecule has 0 saturated heterocycles. The van der Waals surface area contributed by atoms with Gasteiger partial charge in [-0.3, -0.25) is 0 Å². The predicted octanol–water partition coefficient (Wildman–Crippen LogP) is 2.23. The van der Waals surface area contributed by atoms with E-state index in [-0.39, 0.29) is 0 Å². The van der Waals surface area contributed by atoms with Gasteiger partial charge in [-0.05, 0) is 33.6 Å². The van der Waals surface area contributed by atoms with Crippen molar-refractivity contribution >= 4 is 14.9 Å². The van der Waals surface area contributed by atoms with Crippen LogP contribution in [0.15, 0.2) is 0 Å². The van der Waals surface area contributed by atoms with Crippen LogP contribution in [0, 0.1) is 0 Å². The molecular weight excluding hydrogens is 266 g/mol. The third kappa shape index (κ3) is 4.17. The Morgan fingerprint density at radius 3 is 1.53 bits per heavy atom. The van der Waals surface area contributed by atoms with E-state index < -0.39 is 20.1 Å². The van der Waals surface area contributed by atoms with Gasteiger partial charge >= 0.3 is 14.9 Å². The molecule has 0 aliphatic carbocycles. The lowest BCUT2D eigenvalue weighted by Crippen LogP contribution is -2.67. The quantitative estimate of drug-likeness (QED) is 0.625. The van der Waals surface area contributed by atoms with Crippen LogP contribution < -0.4 is 5.73 Å². The van der Waals surface area contributed by atoms with E-state index in [1.54, 1.807) is 0 Å². The molecule has 0 saturated carbocycles. The Bertz CT molecular complexity index is 254. The number of hydrogen-bond acceptors (Lipinski definition) is 5. The van der Waals surface area contributed by atoms with Crippen molar-refractivity contribution in [1.29, 1.82) is 0 Å². The lowest BCUT2D eigenvalue weighted by atomic mass is 10.2. The lowest BCUT2D eigenvalue weighted by molar-refractivity contribution is -0.0389. The summed E-state index contributed by atoms with van der Waals surface area (Å²) in [5, 5.41) is -0.930. The molecule has 2 N–H and O–H groups in total. The first kappa shape index (κ1) is 18.4. The number of rotatable bonds is 10. The molecule has 0 radical (unpaired) electrons. The zero-order valence-electron chi connectivity index (χ0n) is 12.7. The first-order valence-corrected chi connectivity index (χ1v) is 8.60. The van der Waals surface area contributed by atoms with Crippen molar-refractivity contribution in [2.45, 2.75) is 52.7 Å². The van der Waals surface area contributed by atoms with Crippen LogP contribution in [0.2, 0.25) is 0 Å². The number of hydrogen-bond donors (Lipinski definition) is 1. The van der Waals surface area contributed by atoms with E-state index in [1.165, 1.54) is 0 Å². The topological polar surface area (TPSA) is 80.0 Å². The fourth-order valence-corrected chi connectivity index (χ4v) is 5.44.